The molecule has 10 heteroatoms. The van der Waals surface area contributed by atoms with Crippen LogP contribution in [0.1, 0.15) is 87.8 Å². The van der Waals surface area contributed by atoms with E-state index < -0.39 is 63.1 Å². The number of fused-ring (bicyclic) bond motifs is 1. The summed E-state index contributed by atoms with van der Waals surface area (Å²) in [6.07, 6.45) is 5.10. The fourth-order valence-corrected chi connectivity index (χ4v) is 4.99. The number of halogens is 7. The first-order valence-corrected chi connectivity index (χ1v) is 14.4. The molecule has 0 saturated carbocycles. The summed E-state index contributed by atoms with van der Waals surface area (Å²) in [5.41, 5.74) is -1.91. The van der Waals surface area contributed by atoms with E-state index in [9.17, 15) is 8.78 Å². The molecule has 0 aliphatic heterocycles. The van der Waals surface area contributed by atoms with Crippen molar-refractivity contribution in [2.45, 2.75) is 88.9 Å². The lowest BCUT2D eigenvalue weighted by atomic mass is 9.76. The molecule has 0 spiro atoms. The molecule has 1 aliphatic rings. The molecule has 1 aliphatic carbocycles. The van der Waals surface area contributed by atoms with Crippen LogP contribution in [0.3, 0.4) is 0 Å². The zero-order chi connectivity index (χ0) is 29.3. The zero-order valence-electron chi connectivity index (χ0n) is 22.9. The standard InChI is InChI=1S/C30H37ClF6O3/c1-3-5-9-20(31)18-40-23-13-11-21(26(32)27(23)33)22-12-10-19-17-24(28(34)29(35)25(19)30(22,36)37)39-16-8-7-15-38-14-6-4-2/h11,13,17,20,22H,3-10,12,14-16,18H2,1-2H3. The zero-order valence-corrected chi connectivity index (χ0v) is 23.7. The maximum absolute atomic E-state index is 15.6. The molecule has 0 radical (unpaired) electrons. The average molecular weight is 595 g/mol. The molecule has 0 saturated heterocycles. The fourth-order valence-electron chi connectivity index (χ4n) is 4.77. The van der Waals surface area contributed by atoms with Crippen LogP contribution in [-0.2, 0) is 17.1 Å². The van der Waals surface area contributed by atoms with Crippen molar-refractivity contribution in [1.82, 2.24) is 0 Å². The van der Waals surface area contributed by atoms with Gasteiger partial charge in [-0.05, 0) is 56.2 Å². The molecule has 2 atom stereocenters. The number of unbranched alkanes of at least 4 members (excludes halogenated alkanes) is 3. The minimum Gasteiger partial charge on any atom is -0.490 e. The van der Waals surface area contributed by atoms with Crippen LogP contribution in [0.15, 0.2) is 18.2 Å². The number of rotatable bonds is 16. The second-order valence-corrected chi connectivity index (χ2v) is 10.7. The van der Waals surface area contributed by atoms with Crippen LogP contribution in [0.4, 0.5) is 26.3 Å². The predicted octanol–water partition coefficient (Wildman–Crippen LogP) is 9.22. The van der Waals surface area contributed by atoms with E-state index in [1.165, 1.54) is 0 Å². The summed E-state index contributed by atoms with van der Waals surface area (Å²) >= 11 is 6.12. The molecular formula is C30H37ClF6O3. The summed E-state index contributed by atoms with van der Waals surface area (Å²) in [6.45, 7) is 5.18. The Morgan fingerprint density at radius 3 is 2.25 bits per heavy atom. The third-order valence-corrected chi connectivity index (χ3v) is 7.40. The van der Waals surface area contributed by atoms with Crippen molar-refractivity contribution in [3.8, 4) is 11.5 Å². The van der Waals surface area contributed by atoms with Crippen molar-refractivity contribution in [3.63, 3.8) is 0 Å². The maximum atomic E-state index is 15.6. The topological polar surface area (TPSA) is 27.7 Å². The number of benzene rings is 2. The Bertz CT molecular complexity index is 1110. The maximum Gasteiger partial charge on any atom is 0.283 e. The highest BCUT2D eigenvalue weighted by Gasteiger charge is 2.50. The first-order valence-electron chi connectivity index (χ1n) is 14.0. The number of hydrogen-bond donors (Lipinski definition) is 0. The van der Waals surface area contributed by atoms with E-state index in [0.717, 1.165) is 43.9 Å². The van der Waals surface area contributed by atoms with Gasteiger partial charge in [0.2, 0.25) is 11.6 Å². The largest absolute Gasteiger partial charge is 0.490 e. The van der Waals surface area contributed by atoms with Gasteiger partial charge >= 0.3 is 0 Å². The van der Waals surface area contributed by atoms with Crippen molar-refractivity contribution in [3.05, 3.63) is 58.2 Å². The highest BCUT2D eigenvalue weighted by atomic mass is 35.5. The van der Waals surface area contributed by atoms with Gasteiger partial charge in [-0.1, -0.05) is 39.2 Å². The highest BCUT2D eigenvalue weighted by molar-refractivity contribution is 6.20. The first-order chi connectivity index (χ1) is 19.1. The van der Waals surface area contributed by atoms with Gasteiger partial charge in [-0.15, -0.1) is 11.6 Å². The second-order valence-electron chi connectivity index (χ2n) is 10.1. The molecule has 3 rings (SSSR count). The van der Waals surface area contributed by atoms with Crippen LogP contribution in [0, 0.1) is 23.3 Å². The smallest absolute Gasteiger partial charge is 0.283 e. The van der Waals surface area contributed by atoms with E-state index >= 15 is 17.6 Å². The molecule has 2 aromatic carbocycles. The molecule has 0 fully saturated rings. The Morgan fingerprint density at radius 2 is 1.52 bits per heavy atom. The molecular weight excluding hydrogens is 558 g/mol. The molecule has 0 aromatic heterocycles. The van der Waals surface area contributed by atoms with Gasteiger partial charge in [0.05, 0.1) is 23.5 Å². The lowest BCUT2D eigenvalue weighted by Crippen LogP contribution is -2.32. The molecule has 0 bridgehead atoms. The number of hydrogen-bond acceptors (Lipinski definition) is 3. The van der Waals surface area contributed by atoms with E-state index in [2.05, 4.69) is 6.92 Å². The third kappa shape index (κ3) is 7.78. The van der Waals surface area contributed by atoms with Gasteiger partial charge in [0.15, 0.2) is 23.1 Å². The minimum atomic E-state index is -4.00. The van der Waals surface area contributed by atoms with Crippen LogP contribution in [0.2, 0.25) is 0 Å². The second kappa shape index (κ2) is 15.2. The van der Waals surface area contributed by atoms with Gasteiger partial charge in [-0.3, -0.25) is 0 Å². The van der Waals surface area contributed by atoms with Crippen LogP contribution in [-0.4, -0.2) is 31.8 Å². The van der Waals surface area contributed by atoms with E-state index in [4.69, 9.17) is 25.8 Å². The van der Waals surface area contributed by atoms with Gasteiger partial charge < -0.3 is 14.2 Å². The van der Waals surface area contributed by atoms with Gasteiger partial charge in [-0.2, -0.15) is 8.78 Å². The summed E-state index contributed by atoms with van der Waals surface area (Å²) < 4.78 is 107. The van der Waals surface area contributed by atoms with Gasteiger partial charge in [0, 0.05) is 18.8 Å². The van der Waals surface area contributed by atoms with Crippen molar-refractivity contribution in [1.29, 1.82) is 0 Å². The quantitative estimate of drug-likeness (QED) is 0.110. The summed E-state index contributed by atoms with van der Waals surface area (Å²) in [6, 6.07) is 3.14. The fraction of sp³-hybridized carbons (Fsp3) is 0.600. The van der Waals surface area contributed by atoms with Crippen LogP contribution >= 0.6 is 11.6 Å². The van der Waals surface area contributed by atoms with Crippen molar-refractivity contribution in [2.24, 2.45) is 0 Å². The molecule has 224 valence electrons. The van der Waals surface area contributed by atoms with E-state index in [1.54, 1.807) is 0 Å². The van der Waals surface area contributed by atoms with E-state index in [-0.39, 0.29) is 31.6 Å². The molecule has 0 heterocycles. The molecule has 3 nitrogen and oxygen atoms in total. The van der Waals surface area contributed by atoms with Crippen LogP contribution < -0.4 is 9.47 Å². The van der Waals surface area contributed by atoms with Gasteiger partial charge in [0.1, 0.15) is 6.61 Å². The lowest BCUT2D eigenvalue weighted by Gasteiger charge is -2.34. The minimum absolute atomic E-state index is 0.0628. The van der Waals surface area contributed by atoms with Crippen molar-refractivity contribution >= 4 is 11.6 Å². The monoisotopic (exact) mass is 594 g/mol. The molecule has 2 unspecified atom stereocenters. The number of aryl methyl sites for hydroxylation is 1. The number of ether oxygens (including phenoxy) is 3. The van der Waals surface area contributed by atoms with Crippen LogP contribution in [0.25, 0.3) is 0 Å². The third-order valence-electron chi connectivity index (χ3n) is 7.05. The van der Waals surface area contributed by atoms with E-state index in [1.807, 2.05) is 6.92 Å². The molecule has 0 N–H and O–H groups in total. The summed E-state index contributed by atoms with van der Waals surface area (Å²) in [4.78, 5) is 0. The first kappa shape index (κ1) is 32.4. The summed E-state index contributed by atoms with van der Waals surface area (Å²) in [5, 5.41) is -0.419. The van der Waals surface area contributed by atoms with Gasteiger partial charge in [-0.25, -0.2) is 17.6 Å². The predicted molar refractivity (Wildman–Crippen MR) is 143 cm³/mol. The summed E-state index contributed by atoms with van der Waals surface area (Å²) in [7, 11) is 0. The van der Waals surface area contributed by atoms with Crippen molar-refractivity contribution in [2.75, 3.05) is 26.4 Å². The Balaban J connectivity index is 1.72. The Labute approximate surface area is 237 Å². The molecule has 2 aromatic rings. The Morgan fingerprint density at radius 1 is 0.850 bits per heavy atom. The van der Waals surface area contributed by atoms with Gasteiger partial charge in [0.25, 0.3) is 5.92 Å². The Hall–Kier alpha value is -2.13. The van der Waals surface area contributed by atoms with Crippen LogP contribution in [0.5, 0.6) is 11.5 Å². The Kier molecular flexibility index (Phi) is 12.3. The van der Waals surface area contributed by atoms with E-state index in [0.29, 0.717) is 32.5 Å². The number of alkyl halides is 3. The normalized spacial score (nSPS) is 17.0. The summed E-state index contributed by atoms with van der Waals surface area (Å²) in [5.74, 6) is -13.0. The van der Waals surface area contributed by atoms with Crippen molar-refractivity contribution < 1.29 is 40.6 Å². The molecule has 40 heavy (non-hydrogen) atoms. The SMILES string of the molecule is CCCCOCCCCOc1cc2c(c(F)c1F)C(F)(F)C(c1ccc(OCC(Cl)CCCC)c(F)c1F)CC2. The lowest BCUT2D eigenvalue weighted by molar-refractivity contribution is -0.0485. The molecule has 0 amide bonds. The highest BCUT2D eigenvalue weighted by Crippen LogP contribution is 2.52. The average Bonchev–Trinajstić information content (AvgIpc) is 2.92.